The van der Waals surface area contributed by atoms with Gasteiger partial charge in [-0.25, -0.2) is 9.69 Å². The van der Waals surface area contributed by atoms with Crippen LogP contribution in [0.3, 0.4) is 0 Å². The first-order valence-corrected chi connectivity index (χ1v) is 8.08. The van der Waals surface area contributed by atoms with Crippen LogP contribution in [-0.4, -0.2) is 40.0 Å². The molecule has 134 valence electrons. The van der Waals surface area contributed by atoms with Crippen molar-refractivity contribution >= 4 is 23.6 Å². The van der Waals surface area contributed by atoms with E-state index in [0.717, 1.165) is 4.90 Å². The third-order valence-electron chi connectivity index (χ3n) is 3.60. The number of carbonyl (C=O) groups is 2. The smallest absolute Gasteiger partial charge is 0.417 e. The van der Waals surface area contributed by atoms with Crippen molar-refractivity contribution in [2.75, 3.05) is 6.54 Å². The zero-order valence-corrected chi connectivity index (χ0v) is 14.9. The van der Waals surface area contributed by atoms with Crippen LogP contribution >= 0.6 is 11.6 Å². The number of ether oxygens (including phenoxy) is 1. The summed E-state index contributed by atoms with van der Waals surface area (Å²) in [4.78, 5) is 36.1. The molecule has 0 saturated heterocycles. The molecule has 2 atom stereocenters. The second-order valence-electron chi connectivity index (χ2n) is 6.72. The van der Waals surface area contributed by atoms with Gasteiger partial charge in [0.05, 0.1) is 12.0 Å². The van der Waals surface area contributed by atoms with Gasteiger partial charge in [0, 0.05) is 16.0 Å². The first-order valence-electron chi connectivity index (χ1n) is 7.70. The lowest BCUT2D eigenvalue weighted by Gasteiger charge is -2.30. The highest BCUT2D eigenvalue weighted by molar-refractivity contribution is 6.30. The summed E-state index contributed by atoms with van der Waals surface area (Å²) < 4.78 is 5.27. The number of nitro groups is 1. The molecule has 0 saturated carbocycles. The number of rotatable bonds is 4. The van der Waals surface area contributed by atoms with Crippen molar-refractivity contribution in [2.45, 2.75) is 38.3 Å². The summed E-state index contributed by atoms with van der Waals surface area (Å²) in [5.74, 6) is -1.29. The number of amides is 2. The first-order chi connectivity index (χ1) is 11.6. The van der Waals surface area contributed by atoms with Crippen molar-refractivity contribution in [3.63, 3.8) is 0 Å². The highest BCUT2D eigenvalue weighted by atomic mass is 35.5. The number of hydrogen-bond acceptors (Lipinski definition) is 5. The maximum absolute atomic E-state index is 12.4. The van der Waals surface area contributed by atoms with E-state index in [-0.39, 0.29) is 0 Å². The zero-order chi connectivity index (χ0) is 18.8. The summed E-state index contributed by atoms with van der Waals surface area (Å²) in [5.41, 5.74) is -0.221. The lowest BCUT2D eigenvalue weighted by Crippen LogP contribution is -2.46. The molecule has 8 heteroatoms. The Kier molecular flexibility index (Phi) is 5.47. The Morgan fingerprint density at radius 2 is 2.12 bits per heavy atom. The van der Waals surface area contributed by atoms with Gasteiger partial charge in [0.15, 0.2) is 0 Å². The number of hydrogen-bond donors (Lipinski definition) is 0. The highest BCUT2D eigenvalue weighted by Gasteiger charge is 2.41. The predicted octanol–water partition coefficient (Wildman–Crippen LogP) is 3.40. The third-order valence-corrected chi connectivity index (χ3v) is 3.83. The van der Waals surface area contributed by atoms with Gasteiger partial charge >= 0.3 is 6.09 Å². The van der Waals surface area contributed by atoms with Crippen molar-refractivity contribution in [2.24, 2.45) is 0 Å². The average Bonchev–Trinajstić information content (AvgIpc) is 2.84. The average molecular weight is 367 g/mol. The molecule has 7 nitrogen and oxygen atoms in total. The molecule has 0 aliphatic carbocycles. The Bertz CT molecular complexity index is 726. The SMILES string of the molecule is CC(C)(C)OC(=O)N1C(=O)C=C[C@H]1[C@H](C[N+](=O)[O-])c1cccc(Cl)c1. The molecule has 2 rings (SSSR count). The fourth-order valence-corrected chi connectivity index (χ4v) is 2.84. The van der Waals surface area contributed by atoms with Crippen LogP contribution in [0.2, 0.25) is 5.02 Å². The Labute approximate surface area is 150 Å². The molecule has 0 radical (unpaired) electrons. The van der Waals surface area contributed by atoms with E-state index in [1.807, 2.05) is 0 Å². The molecule has 25 heavy (non-hydrogen) atoms. The molecule has 0 unspecified atom stereocenters. The minimum Gasteiger partial charge on any atom is -0.443 e. The monoisotopic (exact) mass is 366 g/mol. The van der Waals surface area contributed by atoms with Crippen LogP contribution in [0.1, 0.15) is 32.3 Å². The summed E-state index contributed by atoms with van der Waals surface area (Å²) in [6.45, 7) is 4.58. The second kappa shape index (κ2) is 7.23. The van der Waals surface area contributed by atoms with E-state index in [9.17, 15) is 19.7 Å². The maximum Gasteiger partial charge on any atom is 0.417 e. The number of imide groups is 1. The first kappa shape index (κ1) is 18.9. The van der Waals surface area contributed by atoms with Crippen LogP contribution in [-0.2, 0) is 9.53 Å². The molecular weight excluding hydrogens is 348 g/mol. The topological polar surface area (TPSA) is 89.8 Å². The normalized spacial score (nSPS) is 18.3. The zero-order valence-electron chi connectivity index (χ0n) is 14.1. The number of carbonyl (C=O) groups excluding carboxylic acids is 2. The molecule has 0 fully saturated rings. The highest BCUT2D eigenvalue weighted by Crippen LogP contribution is 2.31. The van der Waals surface area contributed by atoms with E-state index < -0.39 is 41.0 Å². The van der Waals surface area contributed by atoms with E-state index in [4.69, 9.17) is 16.3 Å². The fourth-order valence-electron chi connectivity index (χ4n) is 2.64. The largest absolute Gasteiger partial charge is 0.443 e. The maximum atomic E-state index is 12.4. The number of benzene rings is 1. The molecule has 0 bridgehead atoms. The third kappa shape index (κ3) is 4.79. The Morgan fingerprint density at radius 3 is 2.68 bits per heavy atom. The van der Waals surface area contributed by atoms with Crippen molar-refractivity contribution in [3.8, 4) is 0 Å². The van der Waals surface area contributed by atoms with E-state index in [1.165, 1.54) is 12.2 Å². The summed E-state index contributed by atoms with van der Waals surface area (Å²) in [5, 5.41) is 11.6. The molecule has 0 spiro atoms. The van der Waals surface area contributed by atoms with Gasteiger partial charge in [0.1, 0.15) is 5.60 Å². The quantitative estimate of drug-likeness (QED) is 0.601. The van der Waals surface area contributed by atoms with Gasteiger partial charge in [0.25, 0.3) is 5.91 Å². The summed E-state index contributed by atoms with van der Waals surface area (Å²) in [7, 11) is 0. The summed E-state index contributed by atoms with van der Waals surface area (Å²) >= 11 is 5.99. The van der Waals surface area contributed by atoms with E-state index >= 15 is 0 Å². The Hall–Kier alpha value is -2.41. The van der Waals surface area contributed by atoms with E-state index in [1.54, 1.807) is 45.0 Å². The van der Waals surface area contributed by atoms with E-state index in [0.29, 0.717) is 10.6 Å². The molecule has 2 amide bonds. The molecule has 1 aromatic carbocycles. The number of nitrogens with zero attached hydrogens (tertiary/aromatic N) is 2. The molecular formula is C17H19ClN2O5. The summed E-state index contributed by atoms with van der Waals surface area (Å²) in [6.07, 6.45) is 1.89. The minimum atomic E-state index is -0.831. The molecule has 1 aliphatic rings. The number of halogens is 1. The Morgan fingerprint density at radius 1 is 1.44 bits per heavy atom. The Balaban J connectivity index is 2.37. The van der Waals surface area contributed by atoms with Crippen molar-refractivity contribution in [3.05, 3.63) is 57.1 Å². The fraction of sp³-hybridized carbons (Fsp3) is 0.412. The molecule has 1 aliphatic heterocycles. The minimum absolute atomic E-state index is 0.419. The van der Waals surface area contributed by atoms with Gasteiger partial charge in [0.2, 0.25) is 6.54 Å². The van der Waals surface area contributed by atoms with Crippen molar-refractivity contribution in [1.29, 1.82) is 0 Å². The van der Waals surface area contributed by atoms with Gasteiger partial charge < -0.3 is 4.74 Å². The standard InChI is InChI=1S/C17H19ClN2O5/c1-17(2,3)25-16(22)20-14(7-8-15(20)21)13(10-19(23)24)11-5-4-6-12(18)9-11/h4-9,13-14H,10H2,1-3H3/t13-,14+/m1/s1. The van der Waals surface area contributed by atoms with Gasteiger partial charge in [-0.2, -0.15) is 0 Å². The van der Waals surface area contributed by atoms with Crippen LogP contribution in [0.15, 0.2) is 36.4 Å². The van der Waals surface area contributed by atoms with Crippen LogP contribution in [0.25, 0.3) is 0 Å². The van der Waals surface area contributed by atoms with Crippen LogP contribution < -0.4 is 0 Å². The van der Waals surface area contributed by atoms with Crippen LogP contribution in [0.4, 0.5) is 4.79 Å². The van der Waals surface area contributed by atoms with Gasteiger partial charge in [-0.05, 0) is 38.5 Å². The van der Waals surface area contributed by atoms with Gasteiger partial charge in [-0.15, -0.1) is 0 Å². The van der Waals surface area contributed by atoms with Gasteiger partial charge in [-0.1, -0.05) is 29.8 Å². The van der Waals surface area contributed by atoms with Crippen molar-refractivity contribution in [1.82, 2.24) is 4.90 Å². The predicted molar refractivity (Wildman–Crippen MR) is 92.1 cm³/mol. The molecule has 0 aromatic heterocycles. The summed E-state index contributed by atoms with van der Waals surface area (Å²) in [6, 6.07) is 5.79. The van der Waals surface area contributed by atoms with Crippen LogP contribution in [0, 0.1) is 10.1 Å². The lowest BCUT2D eigenvalue weighted by atomic mass is 9.91. The molecule has 1 heterocycles. The second-order valence-corrected chi connectivity index (χ2v) is 7.15. The molecule has 0 N–H and O–H groups in total. The van der Waals surface area contributed by atoms with E-state index in [2.05, 4.69) is 0 Å². The van der Waals surface area contributed by atoms with Crippen molar-refractivity contribution < 1.29 is 19.2 Å². The lowest BCUT2D eigenvalue weighted by molar-refractivity contribution is -0.484. The van der Waals surface area contributed by atoms with Gasteiger partial charge in [-0.3, -0.25) is 14.9 Å². The van der Waals surface area contributed by atoms with Crippen LogP contribution in [0.5, 0.6) is 0 Å². The molecule has 1 aromatic rings.